The van der Waals surface area contributed by atoms with Crippen molar-refractivity contribution in [1.82, 2.24) is 14.7 Å². The summed E-state index contributed by atoms with van der Waals surface area (Å²) in [7, 11) is 0. The molecule has 0 N–H and O–H groups in total. The third-order valence-electron chi connectivity index (χ3n) is 3.74. The predicted octanol–water partition coefficient (Wildman–Crippen LogP) is 4.40. The molecule has 0 fully saturated rings. The van der Waals surface area contributed by atoms with Crippen LogP contribution < -0.4 is 0 Å². The maximum atomic E-state index is 5.35. The van der Waals surface area contributed by atoms with Gasteiger partial charge in [-0.25, -0.2) is 4.68 Å². The average molecular weight is 352 g/mol. The highest BCUT2D eigenvalue weighted by Gasteiger charge is 2.30. The van der Waals surface area contributed by atoms with Crippen LogP contribution in [0.5, 0.6) is 0 Å². The first-order valence-corrected chi connectivity index (χ1v) is 9.72. The molecular formula is C14H13N3S4. The number of rotatable bonds is 3. The van der Waals surface area contributed by atoms with E-state index in [-0.39, 0.29) is 0 Å². The molecule has 0 spiro atoms. The van der Waals surface area contributed by atoms with Crippen molar-refractivity contribution in [1.29, 1.82) is 0 Å². The highest BCUT2D eigenvalue weighted by Crippen LogP contribution is 2.39. The summed E-state index contributed by atoms with van der Waals surface area (Å²) in [5.41, 5.74) is 3.28. The number of hydrogen-bond acceptors (Lipinski definition) is 6. The standard InChI is InChI=1S/C14H13N3S4/c18-14-17(15-8-21-14)9-16-5-3-11-10(4-7-20-11)13(16)12-2-1-6-19-12/h1-2,4,6-8,13H,3,5,9H2/t13-/m0/s1. The van der Waals surface area contributed by atoms with Gasteiger partial charge >= 0.3 is 0 Å². The van der Waals surface area contributed by atoms with Gasteiger partial charge in [0, 0.05) is 16.3 Å². The molecule has 0 radical (unpaired) electrons. The van der Waals surface area contributed by atoms with Crippen LogP contribution in [0.4, 0.5) is 0 Å². The molecule has 21 heavy (non-hydrogen) atoms. The van der Waals surface area contributed by atoms with Crippen LogP contribution in [-0.4, -0.2) is 21.2 Å². The fourth-order valence-electron chi connectivity index (χ4n) is 2.80. The maximum absolute atomic E-state index is 5.35. The Morgan fingerprint density at radius 3 is 2.95 bits per heavy atom. The van der Waals surface area contributed by atoms with E-state index in [1.807, 2.05) is 32.9 Å². The monoisotopic (exact) mass is 351 g/mol. The van der Waals surface area contributed by atoms with Gasteiger partial charge in [0.1, 0.15) is 5.51 Å². The van der Waals surface area contributed by atoms with Gasteiger partial charge in [0.05, 0.1) is 12.7 Å². The molecule has 4 rings (SSSR count). The van der Waals surface area contributed by atoms with Crippen molar-refractivity contribution in [2.75, 3.05) is 6.54 Å². The van der Waals surface area contributed by atoms with Gasteiger partial charge in [-0.3, -0.25) is 4.90 Å². The van der Waals surface area contributed by atoms with Gasteiger partial charge in [-0.05, 0) is 47.1 Å². The number of fused-ring (bicyclic) bond motifs is 1. The van der Waals surface area contributed by atoms with E-state index in [0.717, 1.165) is 23.6 Å². The van der Waals surface area contributed by atoms with E-state index < -0.39 is 0 Å². The van der Waals surface area contributed by atoms with E-state index in [0.29, 0.717) is 6.04 Å². The molecule has 3 aromatic heterocycles. The van der Waals surface area contributed by atoms with Crippen molar-refractivity contribution >= 4 is 46.2 Å². The van der Waals surface area contributed by atoms with Gasteiger partial charge < -0.3 is 0 Å². The van der Waals surface area contributed by atoms with Crippen LogP contribution >= 0.6 is 46.2 Å². The Labute approximate surface area is 140 Å². The number of nitrogens with zero attached hydrogens (tertiary/aromatic N) is 3. The van der Waals surface area contributed by atoms with Gasteiger partial charge in [-0.1, -0.05) is 17.4 Å². The molecule has 7 heteroatoms. The smallest absolute Gasteiger partial charge is 0.180 e. The minimum Gasteiger partial charge on any atom is -0.272 e. The van der Waals surface area contributed by atoms with Gasteiger partial charge in [0.25, 0.3) is 0 Å². The molecule has 0 aliphatic carbocycles. The minimum absolute atomic E-state index is 0.337. The Morgan fingerprint density at radius 1 is 1.24 bits per heavy atom. The number of aromatic nitrogens is 2. The van der Waals surface area contributed by atoms with Crippen LogP contribution in [0.15, 0.2) is 34.5 Å². The largest absolute Gasteiger partial charge is 0.272 e. The normalized spacial score (nSPS) is 18.8. The summed E-state index contributed by atoms with van der Waals surface area (Å²) in [6.45, 7) is 1.82. The zero-order chi connectivity index (χ0) is 14.2. The van der Waals surface area contributed by atoms with E-state index in [4.69, 9.17) is 12.2 Å². The first-order chi connectivity index (χ1) is 10.3. The maximum Gasteiger partial charge on any atom is 0.180 e. The Balaban J connectivity index is 1.73. The topological polar surface area (TPSA) is 21.1 Å². The molecule has 3 nitrogen and oxygen atoms in total. The molecule has 0 bridgehead atoms. The van der Waals surface area contributed by atoms with Crippen molar-refractivity contribution in [3.8, 4) is 0 Å². The molecule has 3 aromatic rings. The zero-order valence-electron chi connectivity index (χ0n) is 11.1. The Morgan fingerprint density at radius 2 is 2.19 bits per heavy atom. The van der Waals surface area contributed by atoms with Crippen molar-refractivity contribution in [2.24, 2.45) is 0 Å². The second-order valence-corrected chi connectivity index (χ2v) is 8.38. The third kappa shape index (κ3) is 2.53. The summed E-state index contributed by atoms with van der Waals surface area (Å²) in [5, 5.41) is 8.73. The van der Waals surface area contributed by atoms with E-state index in [9.17, 15) is 0 Å². The third-order valence-corrected chi connectivity index (χ3v) is 6.78. The lowest BCUT2D eigenvalue weighted by Gasteiger charge is -2.35. The fraction of sp³-hybridized carbons (Fsp3) is 0.286. The van der Waals surface area contributed by atoms with Gasteiger partial charge in [0.2, 0.25) is 0 Å². The van der Waals surface area contributed by atoms with E-state index in [2.05, 4.69) is 39.0 Å². The number of thiophene rings is 2. The average Bonchev–Trinajstić information content (AvgIpc) is 3.21. The summed E-state index contributed by atoms with van der Waals surface area (Å²) in [6, 6.07) is 6.98. The zero-order valence-corrected chi connectivity index (χ0v) is 14.4. The van der Waals surface area contributed by atoms with Crippen LogP contribution in [0.25, 0.3) is 0 Å². The minimum atomic E-state index is 0.337. The van der Waals surface area contributed by atoms with Gasteiger partial charge in [0.15, 0.2) is 3.95 Å². The van der Waals surface area contributed by atoms with Gasteiger partial charge in [-0.15, -0.1) is 22.7 Å². The summed E-state index contributed by atoms with van der Waals surface area (Å²) in [5.74, 6) is 0. The van der Waals surface area contributed by atoms with Crippen molar-refractivity contribution < 1.29 is 0 Å². The van der Waals surface area contributed by atoms with E-state index >= 15 is 0 Å². The lowest BCUT2D eigenvalue weighted by molar-refractivity contribution is 0.159. The second kappa shape index (κ2) is 5.73. The van der Waals surface area contributed by atoms with Crippen LogP contribution in [0.3, 0.4) is 0 Å². The molecule has 0 aromatic carbocycles. The van der Waals surface area contributed by atoms with Crippen molar-refractivity contribution in [3.63, 3.8) is 0 Å². The SMILES string of the molecule is S=c1scnn1CN1CCc2sccc2[C@H]1c1cccs1. The molecule has 4 heterocycles. The molecule has 0 saturated heterocycles. The Hall–Kier alpha value is -0.860. The quantitative estimate of drug-likeness (QED) is 0.653. The Bertz CT molecular complexity index is 783. The fourth-order valence-corrected chi connectivity index (χ4v) is 5.29. The van der Waals surface area contributed by atoms with Gasteiger partial charge in [-0.2, -0.15) is 5.10 Å². The molecule has 0 saturated carbocycles. The summed E-state index contributed by atoms with van der Waals surface area (Å²) >= 11 is 10.6. The molecule has 0 amide bonds. The van der Waals surface area contributed by atoms with Crippen molar-refractivity contribution in [3.05, 3.63) is 53.7 Å². The van der Waals surface area contributed by atoms with Crippen LogP contribution in [0.2, 0.25) is 0 Å². The number of hydrogen-bond donors (Lipinski definition) is 0. The van der Waals surface area contributed by atoms with E-state index in [1.54, 1.807) is 0 Å². The van der Waals surface area contributed by atoms with Crippen LogP contribution in [0.1, 0.15) is 21.4 Å². The molecule has 1 aliphatic heterocycles. The first-order valence-electron chi connectivity index (χ1n) is 6.67. The van der Waals surface area contributed by atoms with E-state index in [1.165, 1.54) is 26.7 Å². The molecule has 0 unspecified atom stereocenters. The molecule has 1 atom stereocenters. The summed E-state index contributed by atoms with van der Waals surface area (Å²) < 4.78 is 2.77. The lowest BCUT2D eigenvalue weighted by atomic mass is 9.99. The summed E-state index contributed by atoms with van der Waals surface area (Å²) in [6.07, 6.45) is 1.12. The van der Waals surface area contributed by atoms with Crippen molar-refractivity contribution in [2.45, 2.75) is 19.1 Å². The highest BCUT2D eigenvalue weighted by molar-refractivity contribution is 7.73. The Kier molecular flexibility index (Phi) is 3.76. The molecule has 108 valence electrons. The lowest BCUT2D eigenvalue weighted by Crippen LogP contribution is -2.36. The van der Waals surface area contributed by atoms with Crippen LogP contribution in [-0.2, 0) is 13.1 Å². The van der Waals surface area contributed by atoms with Crippen LogP contribution in [0, 0.1) is 3.95 Å². The molecule has 1 aliphatic rings. The predicted molar refractivity (Wildman–Crippen MR) is 91.8 cm³/mol. The second-order valence-electron chi connectivity index (χ2n) is 4.93. The summed E-state index contributed by atoms with van der Waals surface area (Å²) in [4.78, 5) is 5.40. The molecular weight excluding hydrogens is 338 g/mol. The highest BCUT2D eigenvalue weighted by atomic mass is 32.1. The first kappa shape index (κ1) is 13.8.